The minimum absolute atomic E-state index is 0.349. The second kappa shape index (κ2) is 5.55. The van der Waals surface area contributed by atoms with Gasteiger partial charge in [0.1, 0.15) is 35.4 Å². The number of aliphatic hydroxyl groups excluding tert-OH is 3. The third-order valence-corrected chi connectivity index (χ3v) is 3.77. The van der Waals surface area contributed by atoms with E-state index in [4.69, 9.17) is 19.3 Å². The van der Waals surface area contributed by atoms with E-state index in [2.05, 4.69) is 0 Å². The zero-order chi connectivity index (χ0) is 15.9. The third-order valence-electron chi connectivity index (χ3n) is 3.77. The molecule has 0 saturated carbocycles. The summed E-state index contributed by atoms with van der Waals surface area (Å²) in [4.78, 5) is 0. The van der Waals surface area contributed by atoms with Crippen LogP contribution in [0.4, 0.5) is 0 Å². The minimum Gasteiger partial charge on any atom is -0.483 e. The molecule has 0 aromatic heterocycles. The highest BCUT2D eigenvalue weighted by Crippen LogP contribution is 2.34. The number of aliphatic hydroxyl groups is 3. The first-order valence-electron chi connectivity index (χ1n) is 7.21. The first-order valence-corrected chi connectivity index (χ1v) is 7.21. The summed E-state index contributed by atoms with van der Waals surface area (Å²) in [7, 11) is 0. The molecule has 0 aliphatic carbocycles. The normalized spacial score (nSPS) is 32.4. The number of hydrogen-bond donors (Lipinski definition) is 3. The summed E-state index contributed by atoms with van der Waals surface area (Å²) in [6.07, 6.45) is -0.346. The Morgan fingerprint density at radius 3 is 2.68 bits per heavy atom. The molecule has 1 aromatic carbocycles. The minimum atomic E-state index is -1.21. The molecule has 22 heavy (non-hydrogen) atoms. The molecular weight excluding hydrogens is 288 g/mol. The molecule has 3 N–H and O–H groups in total. The van der Waals surface area contributed by atoms with Crippen LogP contribution in [0.3, 0.4) is 0 Å². The molecular formula is C16H20O6. The fraction of sp³-hybridized carbons (Fsp3) is 0.500. The average molecular weight is 308 g/mol. The highest BCUT2D eigenvalue weighted by Gasteiger charge is 2.43. The van der Waals surface area contributed by atoms with Gasteiger partial charge in [0.15, 0.2) is 0 Å². The predicted molar refractivity (Wildman–Crippen MR) is 78.6 cm³/mol. The molecule has 4 atom stereocenters. The first kappa shape index (κ1) is 15.3. The molecule has 2 aliphatic rings. The van der Waals surface area contributed by atoms with Gasteiger partial charge in [-0.15, -0.1) is 0 Å². The van der Waals surface area contributed by atoms with Crippen LogP contribution < -0.4 is 9.47 Å². The van der Waals surface area contributed by atoms with Crippen molar-refractivity contribution in [1.82, 2.24) is 0 Å². The number of ether oxygens (including phenoxy) is 3. The molecule has 3 rings (SSSR count). The van der Waals surface area contributed by atoms with Gasteiger partial charge >= 0.3 is 0 Å². The van der Waals surface area contributed by atoms with Gasteiger partial charge < -0.3 is 29.5 Å². The zero-order valence-electron chi connectivity index (χ0n) is 12.5. The van der Waals surface area contributed by atoms with Crippen LogP contribution in [-0.2, 0) is 4.74 Å². The quantitative estimate of drug-likeness (QED) is 0.761. The molecule has 1 saturated heterocycles. The van der Waals surface area contributed by atoms with Crippen LogP contribution in [0.25, 0.3) is 6.08 Å². The van der Waals surface area contributed by atoms with Gasteiger partial charge in [-0.2, -0.15) is 0 Å². The summed E-state index contributed by atoms with van der Waals surface area (Å²) in [5.74, 6) is 1.24. The topological polar surface area (TPSA) is 88.4 Å². The van der Waals surface area contributed by atoms with Crippen LogP contribution in [-0.4, -0.2) is 52.1 Å². The smallest absolute Gasteiger partial charge is 0.229 e. The molecule has 6 nitrogen and oxygen atoms in total. The van der Waals surface area contributed by atoms with E-state index in [1.165, 1.54) is 0 Å². The van der Waals surface area contributed by atoms with E-state index in [-0.39, 0.29) is 12.2 Å². The molecule has 0 unspecified atom stereocenters. The van der Waals surface area contributed by atoms with Crippen molar-refractivity contribution in [3.05, 3.63) is 29.8 Å². The Morgan fingerprint density at radius 2 is 2.00 bits per heavy atom. The largest absolute Gasteiger partial charge is 0.483 e. The second-order valence-corrected chi connectivity index (χ2v) is 6.06. The predicted octanol–water partition coefficient (Wildman–Crippen LogP) is 0.689. The van der Waals surface area contributed by atoms with Gasteiger partial charge in [-0.1, -0.05) is 6.08 Å². The van der Waals surface area contributed by atoms with Crippen molar-refractivity contribution in [3.63, 3.8) is 0 Å². The zero-order valence-corrected chi connectivity index (χ0v) is 12.5. The molecule has 6 heteroatoms. The number of fused-ring (bicyclic) bond motifs is 1. The van der Waals surface area contributed by atoms with Gasteiger partial charge in [0.25, 0.3) is 0 Å². The first-order chi connectivity index (χ1) is 10.4. The van der Waals surface area contributed by atoms with Crippen molar-refractivity contribution < 1.29 is 29.5 Å². The lowest BCUT2D eigenvalue weighted by molar-refractivity contribution is -0.116. The van der Waals surface area contributed by atoms with E-state index in [1.807, 2.05) is 26.0 Å². The van der Waals surface area contributed by atoms with Crippen LogP contribution >= 0.6 is 0 Å². The Labute approximate surface area is 128 Å². The highest BCUT2D eigenvalue weighted by atomic mass is 16.7. The molecule has 2 heterocycles. The summed E-state index contributed by atoms with van der Waals surface area (Å²) in [5, 5.41) is 28.7. The summed E-state index contributed by atoms with van der Waals surface area (Å²) in [6.45, 7) is 3.56. The Balaban J connectivity index is 1.75. The summed E-state index contributed by atoms with van der Waals surface area (Å²) < 4.78 is 16.7. The monoisotopic (exact) mass is 308 g/mol. The van der Waals surface area contributed by atoms with E-state index in [0.717, 1.165) is 11.3 Å². The Bertz CT molecular complexity index is 582. The van der Waals surface area contributed by atoms with Gasteiger partial charge in [0.2, 0.25) is 6.29 Å². The second-order valence-electron chi connectivity index (χ2n) is 6.06. The van der Waals surface area contributed by atoms with Crippen LogP contribution in [0, 0.1) is 0 Å². The van der Waals surface area contributed by atoms with E-state index < -0.39 is 24.6 Å². The van der Waals surface area contributed by atoms with Gasteiger partial charge in [0.05, 0.1) is 6.61 Å². The van der Waals surface area contributed by atoms with Gasteiger partial charge in [-0.05, 0) is 38.1 Å². The Hall–Kier alpha value is -1.60. The standard InChI is InChI=1S/C16H20O6/c1-16(2)6-5-9-7-10(3-4-11(9)22-16)20-15-14(19)13(18)12(8-17)21-15/h3-7,12-15,17-19H,8H2,1-2H3/t12-,13-,14-,15-/m1/s1. The molecule has 1 aromatic rings. The lowest BCUT2D eigenvalue weighted by atomic mass is 10.0. The molecule has 0 amide bonds. The van der Waals surface area contributed by atoms with Gasteiger partial charge in [-0.25, -0.2) is 0 Å². The fourth-order valence-corrected chi connectivity index (χ4v) is 2.53. The van der Waals surface area contributed by atoms with Crippen molar-refractivity contribution in [2.24, 2.45) is 0 Å². The number of rotatable bonds is 3. The Kier molecular flexibility index (Phi) is 3.86. The van der Waals surface area contributed by atoms with Crippen molar-refractivity contribution in [2.75, 3.05) is 6.61 Å². The Morgan fingerprint density at radius 1 is 1.23 bits per heavy atom. The highest BCUT2D eigenvalue weighted by molar-refractivity contribution is 5.62. The molecule has 0 spiro atoms. The van der Waals surface area contributed by atoms with Gasteiger partial charge in [-0.3, -0.25) is 0 Å². The maximum absolute atomic E-state index is 9.88. The van der Waals surface area contributed by atoms with E-state index in [1.54, 1.807) is 18.2 Å². The van der Waals surface area contributed by atoms with Crippen molar-refractivity contribution in [2.45, 2.75) is 44.1 Å². The third kappa shape index (κ3) is 2.83. The van der Waals surface area contributed by atoms with Crippen LogP contribution in [0.1, 0.15) is 19.4 Å². The lowest BCUT2D eigenvalue weighted by Gasteiger charge is -2.28. The van der Waals surface area contributed by atoms with E-state index in [9.17, 15) is 10.2 Å². The molecule has 0 radical (unpaired) electrons. The molecule has 0 bridgehead atoms. The van der Waals surface area contributed by atoms with Crippen molar-refractivity contribution in [1.29, 1.82) is 0 Å². The molecule has 120 valence electrons. The maximum Gasteiger partial charge on any atom is 0.229 e. The van der Waals surface area contributed by atoms with Crippen molar-refractivity contribution in [3.8, 4) is 11.5 Å². The lowest BCUT2D eigenvalue weighted by Crippen LogP contribution is -2.35. The number of benzene rings is 1. The summed E-state index contributed by atoms with van der Waals surface area (Å²) in [6, 6.07) is 5.27. The number of hydrogen-bond acceptors (Lipinski definition) is 6. The summed E-state index contributed by atoms with van der Waals surface area (Å²) >= 11 is 0. The average Bonchev–Trinajstić information content (AvgIpc) is 2.74. The van der Waals surface area contributed by atoms with Crippen LogP contribution in [0.2, 0.25) is 0 Å². The molecule has 1 fully saturated rings. The fourth-order valence-electron chi connectivity index (χ4n) is 2.53. The van der Waals surface area contributed by atoms with E-state index in [0.29, 0.717) is 5.75 Å². The SMILES string of the molecule is CC1(C)C=Cc2cc(O[C@@H]3O[C@H](CO)[C@@H](O)[C@H]3O)ccc2O1. The van der Waals surface area contributed by atoms with E-state index >= 15 is 0 Å². The van der Waals surface area contributed by atoms with Crippen LogP contribution in [0.15, 0.2) is 24.3 Å². The molecule has 2 aliphatic heterocycles. The maximum atomic E-state index is 9.88. The van der Waals surface area contributed by atoms with Gasteiger partial charge in [0, 0.05) is 5.56 Å². The summed E-state index contributed by atoms with van der Waals surface area (Å²) in [5.41, 5.74) is 0.516. The van der Waals surface area contributed by atoms with Crippen LogP contribution in [0.5, 0.6) is 11.5 Å². The van der Waals surface area contributed by atoms with Crippen molar-refractivity contribution >= 4 is 6.08 Å².